The number of nitrogens with one attached hydrogen (secondary N) is 2. The maximum atomic E-state index is 14.3. The van der Waals surface area contributed by atoms with E-state index in [0.29, 0.717) is 35.6 Å². The third-order valence-electron chi connectivity index (χ3n) is 7.38. The second-order valence-corrected chi connectivity index (χ2v) is 9.87. The smallest absolute Gasteiger partial charge is 0.263 e. The Morgan fingerprint density at radius 2 is 1.89 bits per heavy atom. The predicted octanol–water partition coefficient (Wildman–Crippen LogP) is 3.99. The molecule has 2 N–H and O–H groups in total. The van der Waals surface area contributed by atoms with Crippen molar-refractivity contribution < 1.29 is 8.78 Å². The minimum Gasteiger partial charge on any atom is -0.370 e. The number of benzene rings is 2. The van der Waals surface area contributed by atoms with Gasteiger partial charge < -0.3 is 15.5 Å². The minimum absolute atomic E-state index is 0.221. The molecular formula is C29H28F2N6O. The Kier molecular flexibility index (Phi) is 6.37. The first-order valence-electron chi connectivity index (χ1n) is 12.8. The average Bonchev–Trinajstić information content (AvgIpc) is 3.57. The third-order valence-corrected chi connectivity index (χ3v) is 7.38. The molecule has 4 heterocycles. The van der Waals surface area contributed by atoms with Crippen LogP contribution in [0.3, 0.4) is 0 Å². The number of hydrogen-bond donors (Lipinski definition) is 2. The molecular weight excluding hydrogens is 486 g/mol. The zero-order valence-corrected chi connectivity index (χ0v) is 21.0. The van der Waals surface area contributed by atoms with Gasteiger partial charge in [0.1, 0.15) is 5.82 Å². The molecule has 2 aromatic heterocycles. The maximum absolute atomic E-state index is 14.3. The molecule has 6 rings (SSSR count). The lowest BCUT2D eigenvalue weighted by Gasteiger charge is -2.30. The number of fused-ring (bicyclic) bond motifs is 2. The van der Waals surface area contributed by atoms with Crippen LogP contribution in [0.25, 0.3) is 22.4 Å². The second kappa shape index (κ2) is 9.98. The number of hydrogen-bond acceptors (Lipinski definition) is 6. The number of piperazine rings is 1. The summed E-state index contributed by atoms with van der Waals surface area (Å²) in [5.41, 5.74) is 2.48. The monoisotopic (exact) mass is 514 g/mol. The molecule has 2 aliphatic rings. The van der Waals surface area contributed by atoms with Crippen LogP contribution in [0, 0.1) is 11.6 Å². The molecule has 2 aliphatic heterocycles. The van der Waals surface area contributed by atoms with Gasteiger partial charge in [0.2, 0.25) is 5.95 Å². The maximum Gasteiger partial charge on any atom is 0.263 e. The van der Waals surface area contributed by atoms with E-state index in [0.717, 1.165) is 38.1 Å². The average molecular weight is 515 g/mol. The number of anilines is 2. The summed E-state index contributed by atoms with van der Waals surface area (Å²) in [5.74, 6) is -0.768. The molecule has 7 nitrogen and oxygen atoms in total. The highest BCUT2D eigenvalue weighted by Crippen LogP contribution is 2.34. The van der Waals surface area contributed by atoms with Gasteiger partial charge in [0.05, 0.1) is 11.3 Å². The van der Waals surface area contributed by atoms with Crippen molar-refractivity contribution in [2.24, 2.45) is 7.05 Å². The highest BCUT2D eigenvalue weighted by Gasteiger charge is 2.39. The molecule has 4 aromatic rings. The van der Waals surface area contributed by atoms with Crippen LogP contribution in [-0.4, -0.2) is 46.3 Å². The number of rotatable bonds is 7. The highest BCUT2D eigenvalue weighted by atomic mass is 19.2. The van der Waals surface area contributed by atoms with Crippen LogP contribution < -0.4 is 21.1 Å². The molecule has 0 radical (unpaired) electrons. The standard InChI is InChI=1S/C29H28F2N6O/c1-36-28(38)26(19-7-8-23(30)24(31)13-19)27(35-29(36)37-17-21-15-22(37)16-34-21)20-10-12-33-25(14-20)32-11-9-18-5-3-2-4-6-18/h2-8,10,12-14,21-22,34H,9,11,15-17H2,1H3,(H,32,33)/t21-,22-/m0/s1. The normalized spacial score (nSPS) is 18.2. The fraction of sp³-hybridized carbons (Fsp3) is 0.276. The van der Waals surface area contributed by atoms with E-state index in [1.165, 1.54) is 16.2 Å². The molecule has 0 spiro atoms. The van der Waals surface area contributed by atoms with Crippen LogP contribution in [0.1, 0.15) is 12.0 Å². The largest absolute Gasteiger partial charge is 0.370 e. The molecule has 2 saturated heterocycles. The van der Waals surface area contributed by atoms with Crippen LogP contribution in [0.5, 0.6) is 0 Å². The molecule has 2 atom stereocenters. The first-order valence-corrected chi connectivity index (χ1v) is 12.8. The third kappa shape index (κ3) is 4.54. The van der Waals surface area contributed by atoms with Crippen molar-refractivity contribution in [1.82, 2.24) is 19.9 Å². The van der Waals surface area contributed by atoms with Crippen LogP contribution in [0.15, 0.2) is 71.7 Å². The summed E-state index contributed by atoms with van der Waals surface area (Å²) in [6.45, 7) is 2.28. The van der Waals surface area contributed by atoms with E-state index in [2.05, 4.69) is 32.7 Å². The lowest BCUT2D eigenvalue weighted by molar-refractivity contribution is 0.509. The lowest BCUT2D eigenvalue weighted by atomic mass is 10.0. The van der Waals surface area contributed by atoms with Crippen molar-refractivity contribution in [1.29, 1.82) is 0 Å². The van der Waals surface area contributed by atoms with Crippen molar-refractivity contribution in [2.75, 3.05) is 29.9 Å². The highest BCUT2D eigenvalue weighted by molar-refractivity contribution is 5.82. The quantitative estimate of drug-likeness (QED) is 0.389. The van der Waals surface area contributed by atoms with Gasteiger partial charge in [-0.1, -0.05) is 36.4 Å². The molecule has 194 valence electrons. The van der Waals surface area contributed by atoms with Gasteiger partial charge in [0.25, 0.3) is 5.56 Å². The summed E-state index contributed by atoms with van der Waals surface area (Å²) >= 11 is 0. The van der Waals surface area contributed by atoms with Gasteiger partial charge in [-0.25, -0.2) is 18.7 Å². The number of halogens is 2. The Balaban J connectivity index is 1.41. The van der Waals surface area contributed by atoms with Gasteiger partial charge in [-0.3, -0.25) is 9.36 Å². The molecule has 0 unspecified atom stereocenters. The zero-order chi connectivity index (χ0) is 26.2. The Bertz CT molecular complexity index is 1540. The Hall–Kier alpha value is -4.11. The molecule has 9 heteroatoms. The Labute approximate surface area is 219 Å². The molecule has 2 aromatic carbocycles. The van der Waals surface area contributed by atoms with Crippen LogP contribution >= 0.6 is 0 Å². The first-order chi connectivity index (χ1) is 18.5. The first kappa shape index (κ1) is 24.2. The molecule has 38 heavy (non-hydrogen) atoms. The van der Waals surface area contributed by atoms with Gasteiger partial charge >= 0.3 is 0 Å². The SMILES string of the molecule is Cn1c(N2C[C@@H]3C[C@H]2CN3)nc(-c2ccnc(NCCc3ccccc3)c2)c(-c2ccc(F)c(F)c2)c1=O. The van der Waals surface area contributed by atoms with Gasteiger partial charge in [0.15, 0.2) is 11.6 Å². The fourth-order valence-electron chi connectivity index (χ4n) is 5.43. The van der Waals surface area contributed by atoms with Gasteiger partial charge in [0, 0.05) is 50.5 Å². The summed E-state index contributed by atoms with van der Waals surface area (Å²) in [6.07, 6.45) is 3.49. The van der Waals surface area contributed by atoms with E-state index in [1.807, 2.05) is 24.3 Å². The van der Waals surface area contributed by atoms with E-state index in [1.54, 1.807) is 19.3 Å². The molecule has 0 amide bonds. The summed E-state index contributed by atoms with van der Waals surface area (Å²) in [4.78, 5) is 25.4. The molecule has 2 fully saturated rings. The molecule has 0 saturated carbocycles. The topological polar surface area (TPSA) is 75.1 Å². The van der Waals surface area contributed by atoms with Gasteiger partial charge in [-0.2, -0.15) is 0 Å². The van der Waals surface area contributed by atoms with E-state index in [-0.39, 0.29) is 22.7 Å². The van der Waals surface area contributed by atoms with E-state index < -0.39 is 11.6 Å². The fourth-order valence-corrected chi connectivity index (χ4v) is 5.43. The van der Waals surface area contributed by atoms with Crippen molar-refractivity contribution >= 4 is 11.8 Å². The van der Waals surface area contributed by atoms with Crippen LogP contribution in [-0.2, 0) is 13.5 Å². The van der Waals surface area contributed by atoms with Crippen molar-refractivity contribution in [2.45, 2.75) is 24.9 Å². The van der Waals surface area contributed by atoms with Gasteiger partial charge in [-0.05, 0) is 48.2 Å². The second-order valence-electron chi connectivity index (χ2n) is 9.87. The Morgan fingerprint density at radius 1 is 1.05 bits per heavy atom. The van der Waals surface area contributed by atoms with Crippen molar-refractivity contribution in [3.63, 3.8) is 0 Å². The summed E-state index contributed by atoms with van der Waals surface area (Å²) in [7, 11) is 1.68. The van der Waals surface area contributed by atoms with E-state index in [9.17, 15) is 13.6 Å². The molecule has 0 aliphatic carbocycles. The Morgan fingerprint density at radius 3 is 2.63 bits per heavy atom. The van der Waals surface area contributed by atoms with E-state index >= 15 is 0 Å². The number of aromatic nitrogens is 3. The zero-order valence-electron chi connectivity index (χ0n) is 21.0. The minimum atomic E-state index is -1.01. The summed E-state index contributed by atoms with van der Waals surface area (Å²) in [5, 5.41) is 6.82. The van der Waals surface area contributed by atoms with Crippen LogP contribution in [0.4, 0.5) is 20.5 Å². The lowest BCUT2D eigenvalue weighted by Crippen LogP contribution is -2.46. The van der Waals surface area contributed by atoms with Crippen LogP contribution in [0.2, 0.25) is 0 Å². The predicted molar refractivity (Wildman–Crippen MR) is 144 cm³/mol. The number of nitrogens with zero attached hydrogens (tertiary/aromatic N) is 4. The molecule has 2 bridgehead atoms. The van der Waals surface area contributed by atoms with E-state index in [4.69, 9.17) is 4.98 Å². The van der Waals surface area contributed by atoms with Crippen molar-refractivity contribution in [3.05, 3.63) is 94.4 Å². The summed E-state index contributed by atoms with van der Waals surface area (Å²) in [6, 6.07) is 17.9. The van der Waals surface area contributed by atoms with Crippen molar-refractivity contribution in [3.8, 4) is 22.4 Å². The summed E-state index contributed by atoms with van der Waals surface area (Å²) < 4.78 is 29.5. The van der Waals surface area contributed by atoms with Gasteiger partial charge in [-0.15, -0.1) is 0 Å². The number of pyridine rings is 1.